The van der Waals surface area contributed by atoms with E-state index in [0.29, 0.717) is 5.75 Å². The van der Waals surface area contributed by atoms with Crippen molar-refractivity contribution >= 4 is 17.6 Å². The first-order valence-electron chi connectivity index (χ1n) is 6.40. The summed E-state index contributed by atoms with van der Waals surface area (Å²) in [6, 6.07) is 13.4. The molecule has 0 unspecified atom stereocenters. The minimum atomic E-state index is 0.327. The van der Waals surface area contributed by atoms with Crippen LogP contribution in [0.1, 0.15) is 19.0 Å². The number of nitrogens with zero attached hydrogens (tertiary/aromatic N) is 1. The molecular formula is C15H18N2OS. The SMILES string of the molecule is CCCNc1cccc(CSc2ccccc2O)n1. The molecule has 2 N–H and O–H groups in total. The number of phenols is 1. The number of para-hydroxylation sites is 1. The highest BCUT2D eigenvalue weighted by Crippen LogP contribution is 2.30. The molecule has 0 bridgehead atoms. The van der Waals surface area contributed by atoms with Crippen LogP contribution in [0, 0.1) is 0 Å². The first kappa shape index (κ1) is 13.7. The lowest BCUT2D eigenvalue weighted by Crippen LogP contribution is -2.02. The lowest BCUT2D eigenvalue weighted by Gasteiger charge is -2.07. The molecule has 1 aromatic carbocycles. The number of pyridine rings is 1. The summed E-state index contributed by atoms with van der Waals surface area (Å²) >= 11 is 1.59. The molecule has 19 heavy (non-hydrogen) atoms. The highest BCUT2D eigenvalue weighted by atomic mass is 32.2. The standard InChI is InChI=1S/C15H18N2OS/c1-2-10-16-15-9-5-6-12(17-15)11-19-14-8-4-3-7-13(14)18/h3-9,18H,2,10-11H2,1H3,(H,16,17). The number of anilines is 1. The molecule has 1 heterocycles. The molecule has 0 amide bonds. The van der Waals surface area contributed by atoms with Gasteiger partial charge in [0, 0.05) is 17.2 Å². The maximum Gasteiger partial charge on any atom is 0.129 e. The summed E-state index contributed by atoms with van der Waals surface area (Å²) in [7, 11) is 0. The van der Waals surface area contributed by atoms with Crippen LogP contribution in [-0.4, -0.2) is 16.6 Å². The summed E-state index contributed by atoms with van der Waals surface area (Å²) in [5.41, 5.74) is 1.01. The quantitative estimate of drug-likeness (QED) is 0.784. The van der Waals surface area contributed by atoms with Crippen molar-refractivity contribution in [2.75, 3.05) is 11.9 Å². The van der Waals surface area contributed by atoms with Crippen molar-refractivity contribution in [2.45, 2.75) is 24.0 Å². The molecular weight excluding hydrogens is 256 g/mol. The van der Waals surface area contributed by atoms with Crippen molar-refractivity contribution in [1.29, 1.82) is 0 Å². The Morgan fingerprint density at radius 3 is 2.79 bits per heavy atom. The fourth-order valence-corrected chi connectivity index (χ4v) is 2.50. The first-order valence-corrected chi connectivity index (χ1v) is 7.38. The van der Waals surface area contributed by atoms with E-state index in [1.54, 1.807) is 17.8 Å². The van der Waals surface area contributed by atoms with Crippen LogP contribution in [0.25, 0.3) is 0 Å². The molecule has 0 aliphatic carbocycles. The van der Waals surface area contributed by atoms with Crippen LogP contribution < -0.4 is 5.32 Å². The van der Waals surface area contributed by atoms with Gasteiger partial charge in [-0.1, -0.05) is 25.1 Å². The Labute approximate surface area is 118 Å². The van der Waals surface area contributed by atoms with E-state index in [2.05, 4.69) is 17.2 Å². The number of rotatable bonds is 6. The van der Waals surface area contributed by atoms with Crippen LogP contribution in [0.3, 0.4) is 0 Å². The van der Waals surface area contributed by atoms with Crippen molar-refractivity contribution in [2.24, 2.45) is 0 Å². The summed E-state index contributed by atoms with van der Waals surface area (Å²) < 4.78 is 0. The highest BCUT2D eigenvalue weighted by molar-refractivity contribution is 7.98. The van der Waals surface area contributed by atoms with E-state index in [9.17, 15) is 5.11 Å². The average molecular weight is 274 g/mol. The fraction of sp³-hybridized carbons (Fsp3) is 0.267. The third-order valence-corrected chi connectivity index (χ3v) is 3.70. The summed E-state index contributed by atoms with van der Waals surface area (Å²) in [6.45, 7) is 3.06. The molecule has 4 heteroatoms. The molecule has 3 nitrogen and oxygen atoms in total. The van der Waals surface area contributed by atoms with E-state index in [-0.39, 0.29) is 0 Å². The Morgan fingerprint density at radius 1 is 1.16 bits per heavy atom. The van der Waals surface area contributed by atoms with Crippen molar-refractivity contribution in [1.82, 2.24) is 4.98 Å². The van der Waals surface area contributed by atoms with Crippen molar-refractivity contribution in [3.8, 4) is 5.75 Å². The molecule has 0 aliphatic heterocycles. The summed E-state index contributed by atoms with van der Waals surface area (Å²) in [5, 5.41) is 13.0. The van der Waals surface area contributed by atoms with E-state index in [1.165, 1.54) is 0 Å². The van der Waals surface area contributed by atoms with Crippen LogP contribution in [0.4, 0.5) is 5.82 Å². The molecule has 0 spiro atoms. The largest absolute Gasteiger partial charge is 0.507 e. The second kappa shape index (κ2) is 7.04. The van der Waals surface area contributed by atoms with Crippen LogP contribution in [0.2, 0.25) is 0 Å². The normalized spacial score (nSPS) is 10.4. The van der Waals surface area contributed by atoms with Crippen molar-refractivity contribution < 1.29 is 5.11 Å². The van der Waals surface area contributed by atoms with Gasteiger partial charge >= 0.3 is 0 Å². The molecule has 100 valence electrons. The van der Waals surface area contributed by atoms with Gasteiger partial charge in [0.15, 0.2) is 0 Å². The number of phenolic OH excluding ortho intramolecular Hbond substituents is 1. The van der Waals surface area contributed by atoms with Crippen LogP contribution in [-0.2, 0) is 5.75 Å². The monoisotopic (exact) mass is 274 g/mol. The fourth-order valence-electron chi connectivity index (χ4n) is 1.64. The summed E-state index contributed by atoms with van der Waals surface area (Å²) in [4.78, 5) is 5.43. The van der Waals surface area contributed by atoms with E-state index in [1.807, 2.05) is 36.4 Å². The zero-order chi connectivity index (χ0) is 13.5. The molecule has 0 saturated carbocycles. The zero-order valence-corrected chi connectivity index (χ0v) is 11.8. The number of nitrogens with one attached hydrogen (secondary N) is 1. The predicted octanol–water partition coefficient (Wildman–Crippen LogP) is 3.90. The van der Waals surface area contributed by atoms with E-state index in [0.717, 1.165) is 35.1 Å². The minimum Gasteiger partial charge on any atom is -0.507 e. The molecule has 0 radical (unpaired) electrons. The first-order chi connectivity index (χ1) is 9.29. The highest BCUT2D eigenvalue weighted by Gasteiger charge is 2.02. The van der Waals surface area contributed by atoms with Crippen molar-refractivity contribution in [3.63, 3.8) is 0 Å². The summed E-state index contributed by atoms with van der Waals surface area (Å²) in [5.74, 6) is 1.99. The molecule has 2 aromatic rings. The number of hydrogen-bond donors (Lipinski definition) is 2. The second-order valence-corrected chi connectivity index (χ2v) is 5.21. The minimum absolute atomic E-state index is 0.327. The van der Waals surface area contributed by atoms with Gasteiger partial charge < -0.3 is 10.4 Å². The lowest BCUT2D eigenvalue weighted by atomic mass is 10.3. The van der Waals surface area contributed by atoms with Gasteiger partial charge in [0.25, 0.3) is 0 Å². The van der Waals surface area contributed by atoms with E-state index >= 15 is 0 Å². The van der Waals surface area contributed by atoms with Crippen LogP contribution >= 0.6 is 11.8 Å². The van der Waals surface area contributed by atoms with Gasteiger partial charge in [-0.05, 0) is 30.7 Å². The molecule has 0 fully saturated rings. The Kier molecular flexibility index (Phi) is 5.10. The van der Waals surface area contributed by atoms with Crippen molar-refractivity contribution in [3.05, 3.63) is 48.2 Å². The van der Waals surface area contributed by atoms with E-state index < -0.39 is 0 Å². The Hall–Kier alpha value is -1.68. The average Bonchev–Trinajstić information content (AvgIpc) is 2.45. The van der Waals surface area contributed by atoms with Gasteiger partial charge in [-0.3, -0.25) is 0 Å². The number of aromatic hydroxyl groups is 1. The second-order valence-electron chi connectivity index (χ2n) is 4.20. The van der Waals surface area contributed by atoms with Gasteiger partial charge in [0.05, 0.1) is 5.69 Å². The van der Waals surface area contributed by atoms with Gasteiger partial charge in [-0.15, -0.1) is 11.8 Å². The molecule has 0 aliphatic rings. The Bertz CT molecular complexity index is 531. The summed E-state index contributed by atoms with van der Waals surface area (Å²) in [6.07, 6.45) is 1.08. The van der Waals surface area contributed by atoms with E-state index in [4.69, 9.17) is 0 Å². The van der Waals surface area contributed by atoms with Gasteiger partial charge in [-0.25, -0.2) is 4.98 Å². The molecule has 1 aromatic heterocycles. The number of benzene rings is 1. The zero-order valence-electron chi connectivity index (χ0n) is 11.0. The van der Waals surface area contributed by atoms with Crippen LogP contribution in [0.15, 0.2) is 47.4 Å². The molecule has 0 atom stereocenters. The third kappa shape index (κ3) is 4.17. The van der Waals surface area contributed by atoms with Gasteiger partial charge in [0.2, 0.25) is 0 Å². The lowest BCUT2D eigenvalue weighted by molar-refractivity contribution is 0.462. The molecule has 2 rings (SSSR count). The van der Waals surface area contributed by atoms with Gasteiger partial charge in [-0.2, -0.15) is 0 Å². The maximum absolute atomic E-state index is 9.71. The van der Waals surface area contributed by atoms with Gasteiger partial charge in [0.1, 0.15) is 11.6 Å². The third-order valence-electron chi connectivity index (χ3n) is 2.60. The smallest absolute Gasteiger partial charge is 0.129 e. The molecule has 0 saturated heterocycles. The number of thioether (sulfide) groups is 1. The number of hydrogen-bond acceptors (Lipinski definition) is 4. The Morgan fingerprint density at radius 2 is 2.00 bits per heavy atom. The Balaban J connectivity index is 1.98. The maximum atomic E-state index is 9.71. The van der Waals surface area contributed by atoms with Crippen LogP contribution in [0.5, 0.6) is 5.75 Å². The number of aromatic nitrogens is 1. The predicted molar refractivity (Wildman–Crippen MR) is 80.7 cm³/mol. The topological polar surface area (TPSA) is 45.1 Å².